The van der Waals surface area contributed by atoms with E-state index in [1.165, 1.54) is 6.26 Å². The lowest BCUT2D eigenvalue weighted by molar-refractivity contribution is -0.305. The Balaban J connectivity index is 1.37. The highest BCUT2D eigenvalue weighted by molar-refractivity contribution is 7.90. The van der Waals surface area contributed by atoms with Gasteiger partial charge in [-0.3, -0.25) is 0 Å². The van der Waals surface area contributed by atoms with Crippen LogP contribution in [0.4, 0.5) is 0 Å². The number of carbonyl (C=O) groups is 1. The van der Waals surface area contributed by atoms with Crippen molar-refractivity contribution in [2.24, 2.45) is 0 Å². The molecule has 1 heterocycles. The topological polar surface area (TPSA) is 111 Å². The Labute approximate surface area is 264 Å². The van der Waals surface area contributed by atoms with Crippen LogP contribution in [0.5, 0.6) is 28.7 Å². The van der Waals surface area contributed by atoms with E-state index >= 15 is 0 Å². The number of benzene rings is 4. The third-order valence-corrected chi connectivity index (χ3v) is 8.72. The smallest absolute Gasteiger partial charge is 0.147 e. The van der Waals surface area contributed by atoms with Gasteiger partial charge in [-0.25, -0.2) is 8.42 Å². The van der Waals surface area contributed by atoms with Gasteiger partial charge >= 0.3 is 0 Å². The van der Waals surface area contributed by atoms with E-state index in [1.54, 1.807) is 0 Å². The van der Waals surface area contributed by atoms with Crippen LogP contribution in [-0.4, -0.2) is 39.6 Å². The van der Waals surface area contributed by atoms with Gasteiger partial charge in [-0.05, 0) is 97.8 Å². The van der Waals surface area contributed by atoms with Gasteiger partial charge in [-0.15, -0.1) is 0 Å². The Morgan fingerprint density at radius 1 is 0.911 bits per heavy atom. The highest BCUT2D eigenvalue weighted by atomic mass is 32.2. The fourth-order valence-corrected chi connectivity index (χ4v) is 6.20. The maximum Gasteiger partial charge on any atom is 0.147 e. The molecule has 0 saturated carbocycles. The Morgan fingerprint density at radius 3 is 2.38 bits per heavy atom. The van der Waals surface area contributed by atoms with Crippen molar-refractivity contribution in [3.05, 3.63) is 101 Å². The Kier molecular flexibility index (Phi) is 9.98. The molecule has 236 valence electrons. The second kappa shape index (κ2) is 14.1. The maximum atomic E-state index is 11.5. The summed E-state index contributed by atoms with van der Waals surface area (Å²) in [6.45, 7) is 5.11. The Hall–Kier alpha value is -4.50. The number of aliphatic carboxylic acids is 1. The van der Waals surface area contributed by atoms with Gasteiger partial charge in [0.1, 0.15) is 45.2 Å². The van der Waals surface area contributed by atoms with Gasteiger partial charge in [0.05, 0.1) is 19.0 Å². The van der Waals surface area contributed by atoms with E-state index in [0.29, 0.717) is 55.7 Å². The van der Waals surface area contributed by atoms with Crippen LogP contribution in [0, 0.1) is 13.8 Å². The van der Waals surface area contributed by atoms with Gasteiger partial charge in [-0.2, -0.15) is 0 Å². The molecule has 0 saturated heterocycles. The van der Waals surface area contributed by atoms with Gasteiger partial charge in [0.25, 0.3) is 0 Å². The molecule has 0 fully saturated rings. The van der Waals surface area contributed by atoms with E-state index in [1.807, 2.05) is 86.6 Å². The first-order valence-electron chi connectivity index (χ1n) is 14.9. The number of aryl methyl sites for hydroxylation is 2. The molecule has 1 atom stereocenters. The molecule has 8 nitrogen and oxygen atoms in total. The van der Waals surface area contributed by atoms with Crippen LogP contribution in [0.3, 0.4) is 0 Å². The average Bonchev–Trinajstić information content (AvgIpc) is 3.40. The van der Waals surface area contributed by atoms with Crippen molar-refractivity contribution < 1.29 is 37.3 Å². The van der Waals surface area contributed by atoms with E-state index in [2.05, 4.69) is 6.07 Å². The zero-order valence-corrected chi connectivity index (χ0v) is 26.5. The Bertz CT molecular complexity index is 1740. The van der Waals surface area contributed by atoms with Gasteiger partial charge in [0.15, 0.2) is 0 Å². The van der Waals surface area contributed by atoms with Crippen LogP contribution < -0.4 is 24.1 Å². The number of para-hydroxylation sites is 1. The predicted molar refractivity (Wildman–Crippen MR) is 171 cm³/mol. The monoisotopic (exact) mass is 629 g/mol. The first-order chi connectivity index (χ1) is 21.6. The standard InChI is InChI=1S/C36H38O8S/c1-24-18-30(41-16-7-17-45(3,39)40)19-25(2)36(24)32-20-26(10-14-33(32)44-28-8-5-4-6-9-28)22-42-29-12-13-31-27(11-15-35(37)38)23-43-34(31)21-29/h4-6,8-10,12-14,18-21,27H,7,11,15-17,22-23H2,1-3H3,(H,37,38)/p-1/t27-/m1/s1. The first kappa shape index (κ1) is 31.9. The molecule has 1 aliphatic rings. The van der Waals surface area contributed by atoms with Gasteiger partial charge in [0.2, 0.25) is 0 Å². The molecular formula is C36H37O8S-. The molecule has 5 rings (SSSR count). The van der Waals surface area contributed by atoms with Crippen LogP contribution >= 0.6 is 0 Å². The number of fused-ring (bicyclic) bond motifs is 1. The highest BCUT2D eigenvalue weighted by Gasteiger charge is 2.24. The molecule has 0 spiro atoms. The molecule has 45 heavy (non-hydrogen) atoms. The number of rotatable bonds is 14. The summed E-state index contributed by atoms with van der Waals surface area (Å²) in [6, 6.07) is 25.2. The zero-order valence-electron chi connectivity index (χ0n) is 25.7. The van der Waals surface area contributed by atoms with Crippen molar-refractivity contribution in [3.63, 3.8) is 0 Å². The number of carboxylic acids is 1. The lowest BCUT2D eigenvalue weighted by atomic mass is 9.93. The molecule has 4 aromatic rings. The molecule has 0 aromatic heterocycles. The van der Waals surface area contributed by atoms with Crippen molar-refractivity contribution in [3.8, 4) is 39.9 Å². The third-order valence-electron chi connectivity index (χ3n) is 7.69. The summed E-state index contributed by atoms with van der Waals surface area (Å²) in [4.78, 5) is 10.9. The summed E-state index contributed by atoms with van der Waals surface area (Å²) in [6.07, 6.45) is 2.13. The Morgan fingerprint density at radius 2 is 1.67 bits per heavy atom. The fourth-order valence-electron chi connectivity index (χ4n) is 5.55. The van der Waals surface area contributed by atoms with Crippen molar-refractivity contribution in [2.45, 2.75) is 45.6 Å². The largest absolute Gasteiger partial charge is 0.550 e. The molecule has 0 unspecified atom stereocenters. The zero-order chi connectivity index (χ0) is 32.0. The minimum atomic E-state index is -3.04. The highest BCUT2D eigenvalue weighted by Crippen LogP contribution is 2.41. The van der Waals surface area contributed by atoms with Crippen molar-refractivity contribution in [2.75, 3.05) is 25.2 Å². The minimum Gasteiger partial charge on any atom is -0.550 e. The summed E-state index contributed by atoms with van der Waals surface area (Å²) in [7, 11) is -3.04. The quantitative estimate of drug-likeness (QED) is 0.153. The van der Waals surface area contributed by atoms with E-state index in [9.17, 15) is 18.3 Å². The molecular weight excluding hydrogens is 592 g/mol. The molecule has 1 aliphatic heterocycles. The maximum absolute atomic E-state index is 11.5. The molecule has 4 aromatic carbocycles. The summed E-state index contributed by atoms with van der Waals surface area (Å²) in [5.74, 6) is 2.54. The summed E-state index contributed by atoms with van der Waals surface area (Å²) < 4.78 is 47.2. The van der Waals surface area contributed by atoms with Crippen LogP contribution in [-0.2, 0) is 21.2 Å². The molecule has 0 radical (unpaired) electrons. The van der Waals surface area contributed by atoms with E-state index in [4.69, 9.17) is 18.9 Å². The lowest BCUT2D eigenvalue weighted by Gasteiger charge is -2.18. The van der Waals surface area contributed by atoms with Crippen LogP contribution in [0.15, 0.2) is 78.9 Å². The van der Waals surface area contributed by atoms with Gasteiger partial charge < -0.3 is 28.8 Å². The van der Waals surface area contributed by atoms with Crippen molar-refractivity contribution in [1.82, 2.24) is 0 Å². The number of hydrogen-bond donors (Lipinski definition) is 0. The van der Waals surface area contributed by atoms with E-state index < -0.39 is 15.8 Å². The fraction of sp³-hybridized carbons (Fsp3) is 0.306. The first-order valence-corrected chi connectivity index (χ1v) is 17.0. The molecule has 0 bridgehead atoms. The van der Waals surface area contributed by atoms with Crippen molar-refractivity contribution >= 4 is 15.8 Å². The minimum absolute atomic E-state index is 0.00187. The number of carboxylic acid groups (broad SMARTS) is 1. The van der Waals surface area contributed by atoms with E-state index in [-0.39, 0.29) is 18.1 Å². The SMILES string of the molecule is Cc1cc(OCCCS(C)(=O)=O)cc(C)c1-c1cc(COc2ccc3c(c2)OC[C@H]3CCC(=O)[O-])ccc1Oc1ccccc1. The van der Waals surface area contributed by atoms with Crippen LogP contribution in [0.2, 0.25) is 0 Å². The summed E-state index contributed by atoms with van der Waals surface area (Å²) >= 11 is 0. The molecule has 0 amide bonds. The molecule has 0 N–H and O–H groups in total. The van der Waals surface area contributed by atoms with E-state index in [0.717, 1.165) is 39.1 Å². The molecule has 9 heteroatoms. The molecule has 0 aliphatic carbocycles. The number of hydrogen-bond acceptors (Lipinski definition) is 8. The van der Waals surface area contributed by atoms with Gasteiger partial charge in [0, 0.05) is 35.3 Å². The van der Waals surface area contributed by atoms with Gasteiger partial charge in [-0.1, -0.05) is 30.3 Å². The van der Waals surface area contributed by atoms with Crippen LogP contribution in [0.25, 0.3) is 11.1 Å². The number of sulfone groups is 1. The third kappa shape index (κ3) is 8.57. The average molecular weight is 630 g/mol. The van der Waals surface area contributed by atoms with Crippen LogP contribution in [0.1, 0.15) is 47.4 Å². The second-order valence-electron chi connectivity index (χ2n) is 11.4. The number of ether oxygens (including phenoxy) is 4. The summed E-state index contributed by atoms with van der Waals surface area (Å²) in [5.41, 5.74) is 5.84. The normalized spacial score (nSPS) is 14.0. The predicted octanol–water partition coefficient (Wildman–Crippen LogP) is 6.16. The number of carbonyl (C=O) groups excluding carboxylic acids is 1. The van der Waals surface area contributed by atoms with Crippen molar-refractivity contribution in [1.29, 1.82) is 0 Å². The second-order valence-corrected chi connectivity index (χ2v) is 13.7. The lowest BCUT2D eigenvalue weighted by Crippen LogP contribution is -2.22. The summed E-state index contributed by atoms with van der Waals surface area (Å²) in [5, 5.41) is 10.9.